The summed E-state index contributed by atoms with van der Waals surface area (Å²) < 4.78 is 0. The van der Waals surface area contributed by atoms with Crippen molar-refractivity contribution in [2.24, 2.45) is 0 Å². The largest absolute Gasteiger partial charge is 0.197 e. The molecule has 0 atom stereocenters. The van der Waals surface area contributed by atoms with Gasteiger partial charge >= 0.3 is 0 Å². The summed E-state index contributed by atoms with van der Waals surface area (Å²) in [6.45, 7) is 0. The maximum Gasteiger partial charge on any atom is 0 e. The Labute approximate surface area is 123 Å². The van der Waals surface area contributed by atoms with Crippen LogP contribution in [0.25, 0.3) is 0 Å². The van der Waals surface area contributed by atoms with E-state index in [1.807, 2.05) is 0 Å². The first-order chi connectivity index (χ1) is 0. The Morgan fingerprint density at radius 2 is 0.333 bits per heavy atom. The van der Waals surface area contributed by atoms with Crippen molar-refractivity contribution in [3.8, 4) is 0 Å². The number of hydrogen-bond acceptors (Lipinski definition) is 0. The van der Waals surface area contributed by atoms with Crippen molar-refractivity contribution in [3.63, 3.8) is 0 Å². The van der Waals surface area contributed by atoms with Crippen LogP contribution in [0.1, 0.15) is 0 Å². The fourth-order valence-electron chi connectivity index (χ4n) is 0. The molecule has 0 N–H and O–H groups in total. The van der Waals surface area contributed by atoms with Crippen molar-refractivity contribution in [2.45, 2.75) is 0 Å². The van der Waals surface area contributed by atoms with Gasteiger partial charge in [-0.3, -0.25) is 0 Å². The first-order valence-electron chi connectivity index (χ1n) is 0. The smallest absolute Gasteiger partial charge is 0 e. The van der Waals surface area contributed by atoms with Crippen LogP contribution in [0.4, 0.5) is 0 Å². The van der Waals surface area contributed by atoms with Gasteiger partial charge in [0.05, 0.1) is 0 Å². The van der Waals surface area contributed by atoms with Crippen LogP contribution in [0.3, 0.4) is 0 Å². The van der Waals surface area contributed by atoms with E-state index >= 15 is 0 Å². The maximum atomic E-state index is 0. The molecule has 0 heterocycles. The molecule has 0 rings (SSSR count). The molecule has 0 aromatic heterocycles. The molecule has 1 radical (unpaired) electrons. The third-order valence-corrected chi connectivity index (χ3v) is 0. The van der Waals surface area contributed by atoms with Crippen molar-refractivity contribution >= 4 is 126 Å². The molecule has 0 saturated heterocycles. The van der Waals surface area contributed by atoms with Crippen molar-refractivity contribution < 1.29 is 0 Å². The van der Waals surface area contributed by atoms with Gasteiger partial charge in [-0.05, 0) is 0 Å². The predicted molar refractivity (Wildman–Crippen MR) is 57.7 cm³/mol. The molecule has 0 amide bonds. The average molecular weight is 256 g/mol. The van der Waals surface area contributed by atoms with Gasteiger partial charge in [-0.25, -0.2) is 0 Å². The first-order valence-corrected chi connectivity index (χ1v) is 0. The molecule has 6 heteroatoms. The van der Waals surface area contributed by atoms with Crippen molar-refractivity contribution in [1.82, 2.24) is 0 Å². The summed E-state index contributed by atoms with van der Waals surface area (Å²) in [5.41, 5.74) is 0. The minimum Gasteiger partial charge on any atom is -0.197 e. The van der Waals surface area contributed by atoms with E-state index in [4.69, 9.17) is 0 Å². The third-order valence-electron chi connectivity index (χ3n) is 0. The first kappa shape index (κ1) is 55.3. The van der Waals surface area contributed by atoms with Crippen LogP contribution in [-0.4, -0.2) is 58.2 Å². The standard InChI is InChI=1S/Rb.5H2S/h;5*1H2. The van der Waals surface area contributed by atoms with Crippen LogP contribution < -0.4 is 0 Å². The van der Waals surface area contributed by atoms with Crippen molar-refractivity contribution in [2.75, 3.05) is 0 Å². The maximum absolute atomic E-state index is 0. The third kappa shape index (κ3) is 25.7. The molecule has 0 aromatic carbocycles. The molecule has 41 valence electrons. The van der Waals surface area contributed by atoms with Gasteiger partial charge in [0.25, 0.3) is 0 Å². The zero-order valence-electron chi connectivity index (χ0n) is 3.50. The quantitative estimate of drug-likeness (QED) is 0.580. The molecule has 0 saturated carbocycles. The normalized spacial score (nSPS) is 0. The Hall–Kier alpha value is 3.56. The Morgan fingerprint density at radius 3 is 0.333 bits per heavy atom. The van der Waals surface area contributed by atoms with Crippen molar-refractivity contribution in [1.29, 1.82) is 0 Å². The van der Waals surface area contributed by atoms with E-state index in [0.717, 1.165) is 0 Å². The fraction of sp³-hybridized carbons (Fsp3) is 0. The van der Waals surface area contributed by atoms with Crippen LogP contribution in [0.2, 0.25) is 0 Å². The molecule has 0 bridgehead atoms. The molecule has 6 heavy (non-hydrogen) atoms. The monoisotopic (exact) mass is 255 g/mol. The van der Waals surface area contributed by atoms with Gasteiger partial charge in [0, 0.05) is 58.2 Å². The molecule has 0 nitrogen and oxygen atoms in total. The Kier molecular flexibility index (Phi) is 356. The topological polar surface area (TPSA) is 0 Å². The number of hydrogen-bond donors (Lipinski definition) is 0. The van der Waals surface area contributed by atoms with Crippen LogP contribution in [0.5, 0.6) is 0 Å². The zero-order valence-corrected chi connectivity index (χ0v) is 13.4. The Balaban J connectivity index is 0. The molecule has 0 aliphatic heterocycles. The van der Waals surface area contributed by atoms with Gasteiger partial charge < -0.3 is 0 Å². The van der Waals surface area contributed by atoms with E-state index in [-0.39, 0.29) is 126 Å². The Bertz CT molecular complexity index is 3.90. The summed E-state index contributed by atoms with van der Waals surface area (Å²) in [5, 5.41) is 0. The van der Waals surface area contributed by atoms with Crippen molar-refractivity contribution in [3.05, 3.63) is 0 Å². The van der Waals surface area contributed by atoms with Crippen LogP contribution >= 0.6 is 67.5 Å². The van der Waals surface area contributed by atoms with E-state index < -0.39 is 0 Å². The summed E-state index contributed by atoms with van der Waals surface area (Å²) in [6.07, 6.45) is 0. The average Bonchev–Trinajstić information content (AvgIpc) is 0. The van der Waals surface area contributed by atoms with Gasteiger partial charge in [-0.1, -0.05) is 0 Å². The SMILES string of the molecule is S.S.S.S.S.[Rb]. The second-order valence-corrected chi connectivity index (χ2v) is 0. The van der Waals surface area contributed by atoms with Crippen LogP contribution in [0.15, 0.2) is 0 Å². The van der Waals surface area contributed by atoms with Gasteiger partial charge in [-0.15, -0.1) is 0 Å². The molecular weight excluding hydrogens is 246 g/mol. The molecule has 0 aliphatic carbocycles. The predicted octanol–water partition coefficient (Wildman–Crippen LogP) is 0.183. The summed E-state index contributed by atoms with van der Waals surface area (Å²) >= 11 is 0. The second-order valence-electron chi connectivity index (χ2n) is 0. The second kappa shape index (κ2) is 38.6. The molecule has 0 unspecified atom stereocenters. The Morgan fingerprint density at radius 1 is 0.333 bits per heavy atom. The molecule has 0 aromatic rings. The zero-order chi connectivity index (χ0) is 0. The molecule has 0 fully saturated rings. The molecule has 0 aliphatic rings. The van der Waals surface area contributed by atoms with E-state index in [9.17, 15) is 0 Å². The summed E-state index contributed by atoms with van der Waals surface area (Å²) in [5.74, 6) is 0. The van der Waals surface area contributed by atoms with E-state index in [1.165, 1.54) is 0 Å². The molecular formula is H10RbS5. The van der Waals surface area contributed by atoms with Crippen LogP contribution in [-0.2, 0) is 0 Å². The van der Waals surface area contributed by atoms with E-state index in [0.29, 0.717) is 0 Å². The summed E-state index contributed by atoms with van der Waals surface area (Å²) in [6, 6.07) is 0. The molecule has 0 spiro atoms. The fourth-order valence-corrected chi connectivity index (χ4v) is 0. The number of rotatable bonds is 0. The van der Waals surface area contributed by atoms with E-state index in [2.05, 4.69) is 0 Å². The van der Waals surface area contributed by atoms with Crippen LogP contribution in [0, 0.1) is 0 Å². The summed E-state index contributed by atoms with van der Waals surface area (Å²) in [4.78, 5) is 0. The van der Waals surface area contributed by atoms with Gasteiger partial charge in [0.1, 0.15) is 0 Å². The van der Waals surface area contributed by atoms with E-state index in [1.54, 1.807) is 0 Å². The van der Waals surface area contributed by atoms with Gasteiger partial charge in [-0.2, -0.15) is 67.5 Å². The minimum atomic E-state index is 0. The minimum absolute atomic E-state index is 0. The summed E-state index contributed by atoms with van der Waals surface area (Å²) in [7, 11) is 0. The van der Waals surface area contributed by atoms with Gasteiger partial charge in [0.15, 0.2) is 0 Å². The van der Waals surface area contributed by atoms with Gasteiger partial charge in [0.2, 0.25) is 0 Å².